The van der Waals surface area contributed by atoms with Crippen molar-refractivity contribution in [2.45, 2.75) is 26.8 Å². The molecule has 0 saturated carbocycles. The molecule has 170 valence electrons. The molecule has 0 saturated heterocycles. The quantitative estimate of drug-likeness (QED) is 0.333. The highest BCUT2D eigenvalue weighted by atomic mass is 35.5. The van der Waals surface area contributed by atoms with E-state index in [4.69, 9.17) is 5.21 Å². The standard InChI is InChI=1S/C25H29N3O3.ClH/c1-3-28(4-2)14-13-18-15-21-7-5-6-8-23(21)22(16-18)17-26-24(29)19-9-11-20(12-10-19)25(30)27-31;/h5-12,15-16,31H,3-4,13-14,17H2,1-2H3,(H,26,29)(H,27,30);1H. The molecule has 0 bridgehead atoms. The summed E-state index contributed by atoms with van der Waals surface area (Å²) in [6.45, 7) is 7.83. The Morgan fingerprint density at radius 1 is 0.906 bits per heavy atom. The Kier molecular flexibility index (Phi) is 9.65. The van der Waals surface area contributed by atoms with Gasteiger partial charge < -0.3 is 10.2 Å². The number of halogens is 1. The van der Waals surface area contributed by atoms with E-state index >= 15 is 0 Å². The van der Waals surface area contributed by atoms with Gasteiger partial charge in [-0.3, -0.25) is 14.8 Å². The number of rotatable bonds is 9. The molecular weight excluding hydrogens is 426 g/mol. The molecule has 0 spiro atoms. The first-order valence-electron chi connectivity index (χ1n) is 10.6. The molecule has 3 rings (SSSR count). The fourth-order valence-electron chi connectivity index (χ4n) is 3.69. The van der Waals surface area contributed by atoms with E-state index in [1.165, 1.54) is 23.1 Å². The second-order valence-electron chi connectivity index (χ2n) is 7.45. The lowest BCUT2D eigenvalue weighted by molar-refractivity contribution is 0.0706. The third-order valence-electron chi connectivity index (χ3n) is 5.57. The van der Waals surface area contributed by atoms with Gasteiger partial charge in [-0.2, -0.15) is 0 Å². The van der Waals surface area contributed by atoms with Crippen molar-refractivity contribution in [2.75, 3.05) is 19.6 Å². The Labute approximate surface area is 195 Å². The molecular formula is C25H30ClN3O3. The van der Waals surface area contributed by atoms with Crippen LogP contribution >= 0.6 is 12.4 Å². The number of hydrogen-bond donors (Lipinski definition) is 3. The molecule has 0 radical (unpaired) electrons. The molecule has 0 aliphatic carbocycles. The monoisotopic (exact) mass is 455 g/mol. The van der Waals surface area contributed by atoms with Crippen LogP contribution in [0.1, 0.15) is 45.7 Å². The average molecular weight is 456 g/mol. The number of nitrogens with zero attached hydrogens (tertiary/aromatic N) is 1. The molecule has 3 aromatic rings. The van der Waals surface area contributed by atoms with Gasteiger partial charge in [-0.15, -0.1) is 12.4 Å². The van der Waals surface area contributed by atoms with Crippen LogP contribution in [0, 0.1) is 0 Å². The first-order valence-corrected chi connectivity index (χ1v) is 10.6. The topological polar surface area (TPSA) is 81.7 Å². The van der Waals surface area contributed by atoms with Gasteiger partial charge in [0, 0.05) is 24.2 Å². The van der Waals surface area contributed by atoms with Crippen LogP contribution in [-0.2, 0) is 13.0 Å². The van der Waals surface area contributed by atoms with Crippen LogP contribution in [-0.4, -0.2) is 41.6 Å². The first-order chi connectivity index (χ1) is 15.0. The Bertz CT molecular complexity index is 1050. The SMILES string of the molecule is CCN(CC)CCc1cc(CNC(=O)c2ccc(C(=O)NO)cc2)c2ccccc2c1.Cl. The van der Waals surface area contributed by atoms with E-state index in [2.05, 4.69) is 48.3 Å². The normalized spacial score (nSPS) is 10.6. The van der Waals surface area contributed by atoms with Gasteiger partial charge in [-0.05, 0) is 65.7 Å². The summed E-state index contributed by atoms with van der Waals surface area (Å²) < 4.78 is 0. The minimum atomic E-state index is -0.611. The summed E-state index contributed by atoms with van der Waals surface area (Å²) in [5, 5.41) is 14.0. The van der Waals surface area contributed by atoms with Crippen LogP contribution in [0.5, 0.6) is 0 Å². The van der Waals surface area contributed by atoms with Gasteiger partial charge in [0.05, 0.1) is 0 Å². The van der Waals surface area contributed by atoms with Crippen molar-refractivity contribution in [3.63, 3.8) is 0 Å². The number of hydrogen-bond acceptors (Lipinski definition) is 4. The largest absolute Gasteiger partial charge is 0.348 e. The van der Waals surface area contributed by atoms with E-state index in [1.807, 2.05) is 12.1 Å². The van der Waals surface area contributed by atoms with Crippen molar-refractivity contribution in [3.05, 3.63) is 82.9 Å². The zero-order valence-electron chi connectivity index (χ0n) is 18.4. The van der Waals surface area contributed by atoms with Crippen molar-refractivity contribution >= 4 is 35.0 Å². The molecule has 32 heavy (non-hydrogen) atoms. The van der Waals surface area contributed by atoms with Crippen LogP contribution in [0.3, 0.4) is 0 Å². The smallest absolute Gasteiger partial charge is 0.274 e. The van der Waals surface area contributed by atoms with Crippen LogP contribution in [0.4, 0.5) is 0 Å². The van der Waals surface area contributed by atoms with Gasteiger partial charge in [-0.1, -0.05) is 50.2 Å². The third kappa shape index (κ3) is 6.29. The predicted molar refractivity (Wildman–Crippen MR) is 130 cm³/mol. The summed E-state index contributed by atoms with van der Waals surface area (Å²) >= 11 is 0. The van der Waals surface area contributed by atoms with E-state index in [1.54, 1.807) is 17.6 Å². The number of carbonyl (C=O) groups is 2. The fraction of sp³-hybridized carbons (Fsp3) is 0.280. The summed E-state index contributed by atoms with van der Waals surface area (Å²) in [4.78, 5) is 26.4. The number of carbonyl (C=O) groups excluding carboxylic acids is 2. The molecule has 0 aliphatic heterocycles. The van der Waals surface area contributed by atoms with Crippen molar-refractivity contribution in [3.8, 4) is 0 Å². The van der Waals surface area contributed by atoms with Crippen LogP contribution in [0.15, 0.2) is 60.7 Å². The third-order valence-corrected chi connectivity index (χ3v) is 5.57. The molecule has 3 N–H and O–H groups in total. The summed E-state index contributed by atoms with van der Waals surface area (Å²) in [6, 6.07) is 18.8. The zero-order chi connectivity index (χ0) is 22.2. The van der Waals surface area contributed by atoms with E-state index in [-0.39, 0.29) is 23.9 Å². The zero-order valence-corrected chi connectivity index (χ0v) is 19.2. The maximum absolute atomic E-state index is 12.6. The number of likely N-dealkylation sites (N-methyl/N-ethyl adjacent to an activating group) is 1. The highest BCUT2D eigenvalue weighted by Crippen LogP contribution is 2.22. The molecule has 6 nitrogen and oxygen atoms in total. The molecule has 0 aromatic heterocycles. The van der Waals surface area contributed by atoms with Crippen molar-refractivity contribution in [2.24, 2.45) is 0 Å². The summed E-state index contributed by atoms with van der Waals surface area (Å²) in [7, 11) is 0. The van der Waals surface area contributed by atoms with E-state index in [0.29, 0.717) is 12.1 Å². The molecule has 0 aliphatic rings. The van der Waals surface area contributed by atoms with Crippen molar-refractivity contribution in [1.29, 1.82) is 0 Å². The Morgan fingerprint density at radius 3 is 2.16 bits per heavy atom. The Hall–Kier alpha value is -2.93. The number of benzene rings is 3. The molecule has 0 fully saturated rings. The Balaban J connectivity index is 0.00000363. The minimum absolute atomic E-state index is 0. The van der Waals surface area contributed by atoms with E-state index in [0.717, 1.165) is 37.0 Å². The van der Waals surface area contributed by atoms with Gasteiger partial charge in [0.15, 0.2) is 0 Å². The first kappa shape index (κ1) is 25.3. The second-order valence-corrected chi connectivity index (χ2v) is 7.45. The number of amides is 2. The second kappa shape index (κ2) is 12.2. The average Bonchev–Trinajstić information content (AvgIpc) is 2.82. The maximum atomic E-state index is 12.6. The van der Waals surface area contributed by atoms with Gasteiger partial charge in [0.25, 0.3) is 11.8 Å². The van der Waals surface area contributed by atoms with Crippen LogP contribution < -0.4 is 10.8 Å². The maximum Gasteiger partial charge on any atom is 0.274 e. The number of fused-ring (bicyclic) bond motifs is 1. The van der Waals surface area contributed by atoms with Crippen LogP contribution in [0.2, 0.25) is 0 Å². The molecule has 0 atom stereocenters. The van der Waals surface area contributed by atoms with Crippen molar-refractivity contribution in [1.82, 2.24) is 15.7 Å². The molecule has 2 amide bonds. The fourth-order valence-corrected chi connectivity index (χ4v) is 3.69. The summed E-state index contributed by atoms with van der Waals surface area (Å²) in [5.41, 5.74) is 4.66. The Morgan fingerprint density at radius 2 is 1.53 bits per heavy atom. The molecule has 7 heteroatoms. The summed E-state index contributed by atoms with van der Waals surface area (Å²) in [5.74, 6) is -0.825. The van der Waals surface area contributed by atoms with Crippen LogP contribution in [0.25, 0.3) is 10.8 Å². The lowest BCUT2D eigenvalue weighted by atomic mass is 9.99. The van der Waals surface area contributed by atoms with Crippen molar-refractivity contribution < 1.29 is 14.8 Å². The van der Waals surface area contributed by atoms with Gasteiger partial charge in [0.2, 0.25) is 0 Å². The number of nitrogens with one attached hydrogen (secondary N) is 2. The van der Waals surface area contributed by atoms with Gasteiger partial charge in [-0.25, -0.2) is 5.48 Å². The molecule has 3 aromatic carbocycles. The van der Waals surface area contributed by atoms with E-state index in [9.17, 15) is 9.59 Å². The van der Waals surface area contributed by atoms with E-state index < -0.39 is 5.91 Å². The lowest BCUT2D eigenvalue weighted by Crippen LogP contribution is -2.25. The number of hydroxylamine groups is 1. The molecule has 0 heterocycles. The summed E-state index contributed by atoms with van der Waals surface area (Å²) in [6.07, 6.45) is 0.960. The van der Waals surface area contributed by atoms with Gasteiger partial charge in [0.1, 0.15) is 0 Å². The highest BCUT2D eigenvalue weighted by molar-refractivity contribution is 5.97. The lowest BCUT2D eigenvalue weighted by Gasteiger charge is -2.18. The predicted octanol–water partition coefficient (Wildman–Crippen LogP) is 4.19. The highest BCUT2D eigenvalue weighted by Gasteiger charge is 2.11. The minimum Gasteiger partial charge on any atom is -0.348 e. The molecule has 0 unspecified atom stereocenters. The van der Waals surface area contributed by atoms with Gasteiger partial charge >= 0.3 is 0 Å².